The number of Topliss-reactive ketones (excluding diaryl/α,β-unsaturated/α-hetero) is 1. The van der Waals surface area contributed by atoms with E-state index >= 15 is 0 Å². The summed E-state index contributed by atoms with van der Waals surface area (Å²) in [6, 6.07) is 20.3. The fourth-order valence-electron chi connectivity index (χ4n) is 4.07. The van der Waals surface area contributed by atoms with Crippen LogP contribution in [0.1, 0.15) is 52.7 Å². The summed E-state index contributed by atoms with van der Waals surface area (Å²) in [5.41, 5.74) is 5.28. The largest absolute Gasteiger partial charge is 0.456 e. The van der Waals surface area contributed by atoms with Gasteiger partial charge < -0.3 is 4.74 Å². The quantitative estimate of drug-likeness (QED) is 0.478. The van der Waals surface area contributed by atoms with E-state index in [2.05, 4.69) is 90.1 Å². The number of hydrogen-bond donors (Lipinski definition) is 0. The summed E-state index contributed by atoms with van der Waals surface area (Å²) >= 11 is 0. The number of carbonyl (C=O) groups excluding carboxylic acids is 1. The van der Waals surface area contributed by atoms with Crippen molar-refractivity contribution in [2.75, 3.05) is 0 Å². The highest BCUT2D eigenvalue weighted by molar-refractivity contribution is 6.12. The van der Waals surface area contributed by atoms with E-state index in [1.54, 1.807) is 0 Å². The van der Waals surface area contributed by atoms with E-state index in [0.29, 0.717) is 0 Å². The van der Waals surface area contributed by atoms with Gasteiger partial charge in [0.05, 0.1) is 0 Å². The second-order valence-corrected chi connectivity index (χ2v) is 10.7. The highest BCUT2D eigenvalue weighted by Crippen LogP contribution is 2.41. The number of benzene rings is 2. The highest BCUT2D eigenvalue weighted by atomic mass is 16.5. The molecule has 0 aromatic heterocycles. The van der Waals surface area contributed by atoms with Gasteiger partial charge in [-0.1, -0.05) is 102 Å². The van der Waals surface area contributed by atoms with Gasteiger partial charge in [0.2, 0.25) is 0 Å². The first-order chi connectivity index (χ1) is 15.5. The van der Waals surface area contributed by atoms with Gasteiger partial charge in [0.25, 0.3) is 0 Å². The molecule has 1 aliphatic heterocycles. The number of allylic oxidation sites excluding steroid dienone is 8. The van der Waals surface area contributed by atoms with Crippen LogP contribution in [-0.2, 0) is 9.53 Å². The highest BCUT2D eigenvalue weighted by Gasteiger charge is 2.34. The lowest BCUT2D eigenvalue weighted by Crippen LogP contribution is -2.28. The third-order valence-corrected chi connectivity index (χ3v) is 5.95. The van der Waals surface area contributed by atoms with Crippen molar-refractivity contribution in [3.63, 3.8) is 0 Å². The lowest BCUT2D eigenvalue weighted by molar-refractivity contribution is -0.114. The van der Waals surface area contributed by atoms with Crippen molar-refractivity contribution in [3.8, 4) is 0 Å². The maximum atomic E-state index is 13.4. The Morgan fingerprint density at radius 3 is 1.27 bits per heavy atom. The molecule has 2 nitrogen and oxygen atoms in total. The Kier molecular flexibility index (Phi) is 5.88. The Labute approximate surface area is 197 Å². The Balaban J connectivity index is 1.97. The molecule has 1 heterocycles. The standard InChI is InChI=1S/C31H32O2/c1-30(2,3)25-17-23(18-26(29(25)32)31(4,5)6)24-19-27(21-13-9-7-10-14-21)33-28(20-24)22-15-11-8-12-16-22/h7-20H,1-6H3. The molecule has 4 rings (SSSR count). The maximum Gasteiger partial charge on any atom is 0.186 e. The van der Waals surface area contributed by atoms with Crippen LogP contribution < -0.4 is 0 Å². The average Bonchev–Trinajstić information content (AvgIpc) is 2.78. The average molecular weight is 437 g/mol. The van der Waals surface area contributed by atoms with E-state index in [0.717, 1.165) is 44.9 Å². The summed E-state index contributed by atoms with van der Waals surface area (Å²) in [6.07, 6.45) is 8.30. The number of ether oxygens (including phenoxy) is 1. The summed E-state index contributed by atoms with van der Waals surface area (Å²) in [6.45, 7) is 12.6. The van der Waals surface area contributed by atoms with Crippen molar-refractivity contribution in [3.05, 3.63) is 118 Å². The fraction of sp³-hybridized carbons (Fsp3) is 0.258. The lowest BCUT2D eigenvalue weighted by atomic mass is 9.71. The van der Waals surface area contributed by atoms with E-state index in [9.17, 15) is 4.79 Å². The first-order valence-electron chi connectivity index (χ1n) is 11.5. The molecule has 0 bridgehead atoms. The molecule has 0 saturated heterocycles. The predicted octanol–water partition coefficient (Wildman–Crippen LogP) is 7.92. The molecule has 2 aromatic carbocycles. The van der Waals surface area contributed by atoms with E-state index in [-0.39, 0.29) is 16.6 Å². The zero-order valence-corrected chi connectivity index (χ0v) is 20.4. The second kappa shape index (κ2) is 8.51. The molecule has 168 valence electrons. The molecule has 1 aliphatic carbocycles. The number of carbonyl (C=O) groups is 1. The van der Waals surface area contributed by atoms with Gasteiger partial charge in [-0.25, -0.2) is 0 Å². The SMILES string of the molecule is CC(C)(C)C1=CC(=C2C=C(c3ccccc3)OC(c3ccccc3)=C2)C=C(C(C)(C)C)C1=O. The summed E-state index contributed by atoms with van der Waals surface area (Å²) in [5.74, 6) is 1.74. The Morgan fingerprint density at radius 2 is 0.909 bits per heavy atom. The monoisotopic (exact) mass is 436 g/mol. The minimum Gasteiger partial charge on any atom is -0.456 e. The first-order valence-corrected chi connectivity index (χ1v) is 11.5. The van der Waals surface area contributed by atoms with Gasteiger partial charge in [0, 0.05) is 22.3 Å². The van der Waals surface area contributed by atoms with Crippen LogP contribution in [0.5, 0.6) is 0 Å². The Morgan fingerprint density at radius 1 is 0.545 bits per heavy atom. The van der Waals surface area contributed by atoms with Crippen molar-refractivity contribution < 1.29 is 9.53 Å². The van der Waals surface area contributed by atoms with Crippen LogP contribution in [0, 0.1) is 10.8 Å². The fourth-order valence-corrected chi connectivity index (χ4v) is 4.07. The smallest absolute Gasteiger partial charge is 0.186 e. The van der Waals surface area contributed by atoms with E-state index in [1.807, 2.05) is 36.4 Å². The molecule has 33 heavy (non-hydrogen) atoms. The van der Waals surface area contributed by atoms with Gasteiger partial charge in [0.1, 0.15) is 11.5 Å². The van der Waals surface area contributed by atoms with Crippen molar-refractivity contribution in [2.45, 2.75) is 41.5 Å². The van der Waals surface area contributed by atoms with Crippen molar-refractivity contribution in [2.24, 2.45) is 10.8 Å². The molecule has 0 radical (unpaired) electrons. The zero-order valence-electron chi connectivity index (χ0n) is 20.4. The van der Waals surface area contributed by atoms with Gasteiger partial charge in [-0.3, -0.25) is 4.79 Å². The third kappa shape index (κ3) is 4.85. The summed E-state index contributed by atoms with van der Waals surface area (Å²) in [5, 5.41) is 0. The van der Waals surface area contributed by atoms with E-state index in [1.165, 1.54) is 0 Å². The molecule has 0 amide bonds. The topological polar surface area (TPSA) is 26.3 Å². The molecular formula is C31H32O2. The Hall–Kier alpha value is -3.39. The van der Waals surface area contributed by atoms with Crippen molar-refractivity contribution in [1.82, 2.24) is 0 Å². The van der Waals surface area contributed by atoms with Gasteiger partial charge in [-0.05, 0) is 46.3 Å². The number of ketones is 1. The molecule has 0 N–H and O–H groups in total. The van der Waals surface area contributed by atoms with Crippen molar-refractivity contribution >= 4 is 17.3 Å². The van der Waals surface area contributed by atoms with Gasteiger partial charge in [-0.2, -0.15) is 0 Å². The van der Waals surface area contributed by atoms with Crippen LogP contribution in [0.4, 0.5) is 0 Å². The summed E-state index contributed by atoms with van der Waals surface area (Å²) in [4.78, 5) is 13.4. The van der Waals surface area contributed by atoms with Crippen LogP contribution in [0.2, 0.25) is 0 Å². The molecule has 2 aliphatic rings. The molecule has 0 atom stereocenters. The minimum absolute atomic E-state index is 0.144. The number of hydrogen-bond acceptors (Lipinski definition) is 2. The molecule has 0 spiro atoms. The lowest BCUT2D eigenvalue weighted by Gasteiger charge is -2.32. The van der Waals surface area contributed by atoms with Crippen LogP contribution >= 0.6 is 0 Å². The van der Waals surface area contributed by atoms with Crippen LogP contribution in [-0.4, -0.2) is 5.78 Å². The van der Waals surface area contributed by atoms with Gasteiger partial charge in [-0.15, -0.1) is 0 Å². The molecule has 2 aromatic rings. The Bertz CT molecular complexity index is 1130. The van der Waals surface area contributed by atoms with E-state index in [4.69, 9.17) is 4.74 Å². The second-order valence-electron chi connectivity index (χ2n) is 10.7. The van der Waals surface area contributed by atoms with E-state index < -0.39 is 0 Å². The molecule has 0 saturated carbocycles. The first kappa shape index (κ1) is 22.8. The summed E-state index contributed by atoms with van der Waals surface area (Å²) in [7, 11) is 0. The molecular weight excluding hydrogens is 404 g/mol. The predicted molar refractivity (Wildman–Crippen MR) is 137 cm³/mol. The van der Waals surface area contributed by atoms with Crippen LogP contribution in [0.3, 0.4) is 0 Å². The molecule has 0 fully saturated rings. The maximum absolute atomic E-state index is 13.4. The normalized spacial score (nSPS) is 17.1. The van der Waals surface area contributed by atoms with Gasteiger partial charge in [0.15, 0.2) is 5.78 Å². The third-order valence-electron chi connectivity index (χ3n) is 5.95. The van der Waals surface area contributed by atoms with Crippen molar-refractivity contribution in [1.29, 1.82) is 0 Å². The van der Waals surface area contributed by atoms with Crippen LogP contribution in [0.25, 0.3) is 11.5 Å². The minimum atomic E-state index is -0.253. The molecule has 2 heteroatoms. The summed E-state index contributed by atoms with van der Waals surface area (Å²) < 4.78 is 6.37. The molecule has 0 unspecified atom stereocenters. The zero-order chi connectivity index (χ0) is 23.8. The van der Waals surface area contributed by atoms with Crippen LogP contribution in [0.15, 0.2) is 107 Å². The number of rotatable bonds is 2. The van der Waals surface area contributed by atoms with Gasteiger partial charge >= 0.3 is 0 Å².